The smallest absolute Gasteiger partial charge is 0.263 e. The Hall–Kier alpha value is -3.06. The molecule has 0 unspecified atom stereocenters. The van der Waals surface area contributed by atoms with Gasteiger partial charge in [-0.25, -0.2) is 9.37 Å². The van der Waals surface area contributed by atoms with Gasteiger partial charge in [-0.3, -0.25) is 9.36 Å². The molecule has 5 nitrogen and oxygen atoms in total. The maximum Gasteiger partial charge on any atom is 0.263 e. The minimum absolute atomic E-state index is 0.0425. The number of benzene rings is 2. The average molecular weight is 463 g/mol. The molecule has 0 bridgehead atoms. The zero-order valence-corrected chi connectivity index (χ0v) is 20.5. The van der Waals surface area contributed by atoms with Gasteiger partial charge in [0.05, 0.1) is 40.3 Å². The van der Waals surface area contributed by atoms with Gasteiger partial charge in [0.15, 0.2) is 0 Å². The first kappa shape index (κ1) is 25.1. The number of halogens is 1. The van der Waals surface area contributed by atoms with Crippen LogP contribution in [-0.2, 0) is 10.8 Å². The minimum atomic E-state index is -1.86. The molecule has 9 heteroatoms. The summed E-state index contributed by atoms with van der Waals surface area (Å²) >= 11 is 0. The molecule has 172 valence electrons. The van der Waals surface area contributed by atoms with Gasteiger partial charge in [0, 0.05) is 18.0 Å². The second kappa shape index (κ2) is 8.56. The van der Waals surface area contributed by atoms with Gasteiger partial charge in [-0.2, -0.15) is 0 Å². The van der Waals surface area contributed by atoms with E-state index in [2.05, 4.69) is 4.98 Å². The Labute approximate surface area is 208 Å². The number of fused-ring (bicyclic) bond motifs is 1. The number of aryl methyl sites for hydroxylation is 1. The Morgan fingerprint density at radius 3 is 2.26 bits per heavy atom. The molecule has 4 aromatic rings. The first-order valence-electron chi connectivity index (χ1n) is 11.3. The number of aromatic nitrogens is 3. The molecular formula is C26H25B3FN3O2. The Morgan fingerprint density at radius 1 is 1.06 bits per heavy atom. The third-order valence-electron chi connectivity index (χ3n) is 6.08. The van der Waals surface area contributed by atoms with Crippen LogP contribution < -0.4 is 5.56 Å². The van der Waals surface area contributed by atoms with E-state index in [1.165, 1.54) is 30.7 Å². The number of pyridine rings is 1. The van der Waals surface area contributed by atoms with Gasteiger partial charge >= 0.3 is 0 Å². The first-order valence-corrected chi connectivity index (χ1v) is 11.3. The van der Waals surface area contributed by atoms with Crippen molar-refractivity contribution in [2.24, 2.45) is 0 Å². The summed E-state index contributed by atoms with van der Waals surface area (Å²) < 4.78 is 18.3. The molecule has 0 amide bonds. The van der Waals surface area contributed by atoms with E-state index < -0.39 is 16.7 Å². The number of nitrogens with zero attached hydrogens (tertiary/aromatic N) is 3. The maximum absolute atomic E-state index is 15.5. The van der Waals surface area contributed by atoms with Crippen molar-refractivity contribution >= 4 is 34.3 Å². The van der Waals surface area contributed by atoms with E-state index in [9.17, 15) is 9.90 Å². The number of hydrogen-bond donors (Lipinski definition) is 1. The minimum Gasteiger partial charge on any atom is -0.383 e. The van der Waals surface area contributed by atoms with Gasteiger partial charge in [-0.15, -0.1) is 0 Å². The van der Waals surface area contributed by atoms with Crippen LogP contribution >= 0.6 is 0 Å². The van der Waals surface area contributed by atoms with E-state index in [-0.39, 0.29) is 33.9 Å². The van der Waals surface area contributed by atoms with Crippen molar-refractivity contribution in [3.8, 4) is 16.9 Å². The van der Waals surface area contributed by atoms with Crippen LogP contribution in [0, 0.1) is 12.7 Å². The van der Waals surface area contributed by atoms with Gasteiger partial charge in [0.25, 0.3) is 5.56 Å². The molecule has 0 aliphatic carbocycles. The van der Waals surface area contributed by atoms with Crippen LogP contribution in [0.4, 0.5) is 4.39 Å². The van der Waals surface area contributed by atoms with Gasteiger partial charge in [0.2, 0.25) is 0 Å². The monoisotopic (exact) mass is 463 g/mol. The Bertz CT molecular complexity index is 1460. The standard InChI is InChI=1S/C26H25B3FN3O2/c1-14(2)19-12-32(22-9-7-6-8-15(22)3)23(34)17-11-20(30)18(10-16(17)19)21-13-33(26(27,28)29)24(31-21)25(4,5)35/h6-14,35H,1-5H3. The fourth-order valence-corrected chi connectivity index (χ4v) is 4.29. The Kier molecular flexibility index (Phi) is 6.12. The van der Waals surface area contributed by atoms with Crippen LogP contribution in [0.15, 0.2) is 53.6 Å². The number of hydrogen-bond acceptors (Lipinski definition) is 3. The summed E-state index contributed by atoms with van der Waals surface area (Å²) in [5, 5.41) is 9.57. The molecule has 0 saturated heterocycles. The molecule has 2 heterocycles. The Balaban J connectivity index is 2.02. The molecular weight excluding hydrogens is 438 g/mol. The van der Waals surface area contributed by atoms with Crippen molar-refractivity contribution in [2.75, 3.05) is 0 Å². The van der Waals surface area contributed by atoms with Crippen LogP contribution in [0.1, 0.15) is 50.6 Å². The molecule has 4 rings (SSSR count). The van der Waals surface area contributed by atoms with Crippen LogP contribution in [0.25, 0.3) is 27.7 Å². The molecule has 2 aromatic carbocycles. The van der Waals surface area contributed by atoms with Crippen molar-refractivity contribution in [1.29, 1.82) is 0 Å². The largest absolute Gasteiger partial charge is 0.383 e. The van der Waals surface area contributed by atoms with Gasteiger partial charge in [-0.05, 0) is 61.4 Å². The summed E-state index contributed by atoms with van der Waals surface area (Å²) in [5.41, 5.74) is 1.10. The maximum atomic E-state index is 15.5. The van der Waals surface area contributed by atoms with E-state index in [1.807, 2.05) is 51.2 Å². The highest BCUT2D eigenvalue weighted by Gasteiger charge is 2.29. The van der Waals surface area contributed by atoms with Gasteiger partial charge in [0.1, 0.15) is 17.2 Å². The molecule has 0 saturated carbocycles. The summed E-state index contributed by atoms with van der Waals surface area (Å²) in [6, 6.07) is 10.4. The lowest BCUT2D eigenvalue weighted by molar-refractivity contribution is 0.0649. The summed E-state index contributed by atoms with van der Waals surface area (Å²) in [6.07, 6.45) is 3.21. The van der Waals surface area contributed by atoms with E-state index in [4.69, 9.17) is 23.5 Å². The molecule has 35 heavy (non-hydrogen) atoms. The van der Waals surface area contributed by atoms with Crippen LogP contribution in [0.5, 0.6) is 0 Å². The second-order valence-electron chi connectivity index (χ2n) is 9.84. The molecule has 0 spiro atoms. The van der Waals surface area contributed by atoms with Gasteiger partial charge in [-0.1, -0.05) is 37.3 Å². The third-order valence-corrected chi connectivity index (χ3v) is 6.08. The fourth-order valence-electron chi connectivity index (χ4n) is 4.29. The molecule has 2 aromatic heterocycles. The molecule has 0 fully saturated rings. The Morgan fingerprint density at radius 2 is 1.71 bits per heavy atom. The number of aliphatic hydroxyl groups is 1. The zero-order chi connectivity index (χ0) is 25.9. The lowest BCUT2D eigenvalue weighted by Crippen LogP contribution is -2.39. The summed E-state index contributed by atoms with van der Waals surface area (Å²) in [4.78, 5) is 17.9. The molecule has 6 radical (unpaired) electrons. The molecule has 0 aliphatic rings. The third kappa shape index (κ3) is 4.50. The van der Waals surface area contributed by atoms with Crippen molar-refractivity contribution in [3.05, 3.63) is 81.9 Å². The molecule has 1 N–H and O–H groups in total. The lowest BCUT2D eigenvalue weighted by Gasteiger charge is -2.29. The lowest BCUT2D eigenvalue weighted by atomic mass is 9.49. The van der Waals surface area contributed by atoms with Crippen molar-refractivity contribution < 1.29 is 9.50 Å². The number of rotatable bonds is 5. The SMILES string of the molecule is [B]C([B])([B])n1cc(-c2cc3c(C(C)C)cn(-c4ccccc4C)c(=O)c3cc2F)nc1C(C)(C)O. The molecule has 0 aliphatic heterocycles. The van der Waals surface area contributed by atoms with E-state index in [1.54, 1.807) is 10.6 Å². The first-order chi connectivity index (χ1) is 16.2. The highest BCUT2D eigenvalue weighted by molar-refractivity contribution is 6.56. The number of imidazole rings is 1. The van der Waals surface area contributed by atoms with Crippen LogP contribution in [-0.4, -0.2) is 42.8 Å². The highest BCUT2D eigenvalue weighted by atomic mass is 19.1. The van der Waals surface area contributed by atoms with Crippen molar-refractivity contribution in [1.82, 2.24) is 14.1 Å². The van der Waals surface area contributed by atoms with E-state index in [0.717, 1.165) is 16.8 Å². The predicted octanol–water partition coefficient (Wildman–Crippen LogP) is 3.73. The van der Waals surface area contributed by atoms with Crippen LogP contribution in [0.3, 0.4) is 0 Å². The molecule has 0 atom stereocenters. The second-order valence-corrected chi connectivity index (χ2v) is 9.84. The van der Waals surface area contributed by atoms with Gasteiger partial charge < -0.3 is 9.67 Å². The number of para-hydroxylation sites is 1. The van der Waals surface area contributed by atoms with E-state index in [0.29, 0.717) is 5.39 Å². The van der Waals surface area contributed by atoms with Crippen molar-refractivity contribution in [2.45, 2.75) is 51.4 Å². The summed E-state index contributed by atoms with van der Waals surface area (Å²) in [5.74, 6) is -0.519. The van der Waals surface area contributed by atoms with Crippen LogP contribution in [0.2, 0.25) is 0 Å². The predicted molar refractivity (Wildman–Crippen MR) is 140 cm³/mol. The summed E-state index contributed by atoms with van der Waals surface area (Å²) in [7, 11) is 17.6. The highest BCUT2D eigenvalue weighted by Crippen LogP contribution is 2.33. The van der Waals surface area contributed by atoms with Crippen molar-refractivity contribution in [3.63, 3.8) is 0 Å². The fraction of sp³-hybridized carbons (Fsp3) is 0.308. The normalized spacial score (nSPS) is 12.6. The summed E-state index contributed by atoms with van der Waals surface area (Å²) in [6.45, 7) is 8.95. The quantitative estimate of drug-likeness (QED) is 0.460. The topological polar surface area (TPSA) is 60.0 Å². The van der Waals surface area contributed by atoms with E-state index >= 15 is 4.39 Å². The average Bonchev–Trinajstić information content (AvgIpc) is 3.21. The zero-order valence-electron chi connectivity index (χ0n) is 20.5.